The third-order valence-electron chi connectivity index (χ3n) is 5.69. The molecular weight excluding hydrogens is 410 g/mol. The van der Waals surface area contributed by atoms with Crippen LogP contribution in [-0.4, -0.2) is 10.9 Å². The lowest BCUT2D eigenvalue weighted by atomic mass is 9.89. The number of thiocarbonyl (C=S) groups is 1. The Bertz CT molecular complexity index is 1220. The van der Waals surface area contributed by atoms with Gasteiger partial charge in [-0.25, -0.2) is 4.99 Å². The summed E-state index contributed by atoms with van der Waals surface area (Å²) in [7, 11) is 0. The van der Waals surface area contributed by atoms with Gasteiger partial charge in [-0.1, -0.05) is 109 Å². The number of nitrogens with one attached hydrogen (secondary N) is 1. The minimum Gasteiger partial charge on any atom is -0.317 e. The number of para-hydroxylation sites is 1. The van der Waals surface area contributed by atoms with Crippen LogP contribution in [0.1, 0.15) is 16.7 Å². The molecule has 1 atom stereocenters. The maximum absolute atomic E-state index is 5.99. The van der Waals surface area contributed by atoms with E-state index >= 15 is 0 Å². The highest BCUT2D eigenvalue weighted by Crippen LogP contribution is 2.40. The Hall–Kier alpha value is -3.76. The summed E-state index contributed by atoms with van der Waals surface area (Å²) in [6.45, 7) is 0. The van der Waals surface area contributed by atoms with Crippen LogP contribution in [0.25, 0.3) is 0 Å². The summed E-state index contributed by atoms with van der Waals surface area (Å²) < 4.78 is 0. The van der Waals surface area contributed by atoms with Crippen LogP contribution in [0, 0.1) is 0 Å². The lowest BCUT2D eigenvalue weighted by molar-refractivity contribution is 0.453. The van der Waals surface area contributed by atoms with E-state index in [4.69, 9.17) is 17.2 Å². The second kappa shape index (κ2) is 8.77. The van der Waals surface area contributed by atoms with Gasteiger partial charge in [-0.15, -0.1) is 0 Å². The van der Waals surface area contributed by atoms with Crippen LogP contribution in [-0.2, 0) is 12.1 Å². The van der Waals surface area contributed by atoms with Gasteiger partial charge in [0, 0.05) is 23.2 Å². The van der Waals surface area contributed by atoms with Crippen molar-refractivity contribution >= 4 is 28.9 Å². The molecule has 156 valence electrons. The predicted octanol–water partition coefficient (Wildman–Crippen LogP) is 5.92. The first kappa shape index (κ1) is 20.2. The van der Waals surface area contributed by atoms with Gasteiger partial charge in [0.2, 0.25) is 0 Å². The van der Waals surface area contributed by atoms with Crippen molar-refractivity contribution in [2.45, 2.75) is 12.1 Å². The maximum atomic E-state index is 5.99. The van der Waals surface area contributed by atoms with E-state index < -0.39 is 5.66 Å². The van der Waals surface area contributed by atoms with Gasteiger partial charge in [0.05, 0.1) is 0 Å². The molecule has 1 aliphatic rings. The van der Waals surface area contributed by atoms with E-state index in [1.165, 1.54) is 5.56 Å². The van der Waals surface area contributed by atoms with Crippen molar-refractivity contribution in [1.82, 2.24) is 5.32 Å². The number of anilines is 1. The standard InChI is InChI=1S/C28H23N3S/c32-27-29-26(23-15-7-2-8-16-23)30-28(24-17-9-3-10-18-24,21-22-13-5-1-6-14-22)31(27)25-19-11-4-12-20-25/h1-20H,21H2,(H,29,30,32). The molecule has 1 unspecified atom stereocenters. The van der Waals surface area contributed by atoms with Crippen molar-refractivity contribution in [3.8, 4) is 0 Å². The molecule has 1 N–H and O–H groups in total. The fourth-order valence-electron chi connectivity index (χ4n) is 4.23. The Labute approximate surface area is 194 Å². The van der Waals surface area contributed by atoms with Crippen LogP contribution in [0.2, 0.25) is 0 Å². The first-order valence-electron chi connectivity index (χ1n) is 10.7. The Morgan fingerprint density at radius 2 is 1.22 bits per heavy atom. The van der Waals surface area contributed by atoms with E-state index in [0.717, 1.165) is 22.6 Å². The zero-order valence-corrected chi connectivity index (χ0v) is 18.4. The van der Waals surface area contributed by atoms with E-state index in [1.807, 2.05) is 48.5 Å². The van der Waals surface area contributed by atoms with Gasteiger partial charge in [0.15, 0.2) is 10.8 Å². The molecule has 0 amide bonds. The number of benzene rings is 4. The molecule has 0 saturated carbocycles. The van der Waals surface area contributed by atoms with Gasteiger partial charge < -0.3 is 5.32 Å². The number of nitrogens with zero attached hydrogens (tertiary/aromatic N) is 2. The largest absolute Gasteiger partial charge is 0.317 e. The first-order valence-corrected chi connectivity index (χ1v) is 11.1. The molecule has 0 aromatic heterocycles. The van der Waals surface area contributed by atoms with Crippen LogP contribution in [0.5, 0.6) is 0 Å². The Balaban J connectivity index is 1.78. The highest BCUT2D eigenvalue weighted by atomic mass is 32.1. The summed E-state index contributed by atoms with van der Waals surface area (Å²) in [5, 5.41) is 4.03. The predicted molar refractivity (Wildman–Crippen MR) is 136 cm³/mol. The highest BCUT2D eigenvalue weighted by molar-refractivity contribution is 7.80. The molecule has 5 rings (SSSR count). The molecule has 1 aliphatic heterocycles. The van der Waals surface area contributed by atoms with Crippen molar-refractivity contribution in [2.75, 3.05) is 4.90 Å². The fourth-order valence-corrected chi connectivity index (χ4v) is 4.58. The molecule has 4 aromatic rings. The Kier molecular flexibility index (Phi) is 5.53. The third-order valence-corrected chi connectivity index (χ3v) is 5.97. The SMILES string of the molecule is S=C1NC(c2ccccc2)=NC(Cc2ccccc2)(c2ccccc2)N1c1ccccc1. The lowest BCUT2D eigenvalue weighted by Crippen LogP contribution is -2.59. The fraction of sp³-hybridized carbons (Fsp3) is 0.0714. The second-order valence-corrected chi connectivity index (χ2v) is 8.16. The third kappa shape index (κ3) is 3.81. The molecule has 4 heteroatoms. The Morgan fingerprint density at radius 1 is 0.688 bits per heavy atom. The summed E-state index contributed by atoms with van der Waals surface area (Å²) in [5.74, 6) is 0.780. The zero-order chi connectivity index (χ0) is 21.8. The molecule has 0 spiro atoms. The van der Waals surface area contributed by atoms with Gasteiger partial charge in [-0.05, 0) is 29.9 Å². The second-order valence-electron chi connectivity index (χ2n) is 7.77. The van der Waals surface area contributed by atoms with Gasteiger partial charge in [-0.3, -0.25) is 4.90 Å². The van der Waals surface area contributed by atoms with Gasteiger partial charge in [0.25, 0.3) is 0 Å². The molecule has 3 nitrogen and oxygen atoms in total. The molecule has 1 heterocycles. The van der Waals surface area contributed by atoms with Crippen molar-refractivity contribution in [2.24, 2.45) is 4.99 Å². The topological polar surface area (TPSA) is 27.6 Å². The van der Waals surface area contributed by atoms with Gasteiger partial charge in [-0.2, -0.15) is 0 Å². The monoisotopic (exact) mass is 433 g/mol. The number of aliphatic imine (C=N–C) groups is 1. The van der Waals surface area contributed by atoms with Crippen LogP contribution in [0.3, 0.4) is 0 Å². The average Bonchev–Trinajstić information content (AvgIpc) is 2.86. The number of hydrogen-bond acceptors (Lipinski definition) is 2. The van der Waals surface area contributed by atoms with E-state index in [2.05, 4.69) is 83.0 Å². The van der Waals surface area contributed by atoms with Crippen LogP contribution in [0.15, 0.2) is 126 Å². The van der Waals surface area contributed by atoms with Crippen molar-refractivity contribution in [1.29, 1.82) is 0 Å². The lowest BCUT2D eigenvalue weighted by Gasteiger charge is -2.46. The van der Waals surface area contributed by atoms with E-state index in [1.54, 1.807) is 0 Å². The van der Waals surface area contributed by atoms with E-state index in [9.17, 15) is 0 Å². The number of rotatable bonds is 5. The first-order chi connectivity index (χ1) is 15.8. The normalized spacial score (nSPS) is 18.1. The van der Waals surface area contributed by atoms with Crippen molar-refractivity contribution < 1.29 is 0 Å². The minimum absolute atomic E-state index is 0.629. The molecule has 0 radical (unpaired) electrons. The van der Waals surface area contributed by atoms with Crippen LogP contribution >= 0.6 is 12.2 Å². The summed E-state index contributed by atoms with van der Waals surface area (Å²) >= 11 is 5.99. The van der Waals surface area contributed by atoms with Crippen molar-refractivity contribution in [3.63, 3.8) is 0 Å². The molecule has 4 aromatic carbocycles. The molecule has 0 saturated heterocycles. The Morgan fingerprint density at radius 3 is 1.84 bits per heavy atom. The molecular formula is C28H23N3S. The van der Waals surface area contributed by atoms with Gasteiger partial charge >= 0.3 is 0 Å². The van der Waals surface area contributed by atoms with E-state index in [-0.39, 0.29) is 0 Å². The number of amidine groups is 1. The average molecular weight is 434 g/mol. The molecule has 0 bridgehead atoms. The summed E-state index contributed by atoms with van der Waals surface area (Å²) in [6.07, 6.45) is 0.672. The summed E-state index contributed by atoms with van der Waals surface area (Å²) in [4.78, 5) is 7.55. The van der Waals surface area contributed by atoms with Crippen LogP contribution in [0.4, 0.5) is 5.69 Å². The summed E-state index contributed by atoms with van der Waals surface area (Å²) in [5.41, 5.74) is 3.55. The summed E-state index contributed by atoms with van der Waals surface area (Å²) in [6, 6.07) is 41.3. The quantitative estimate of drug-likeness (QED) is 0.396. The van der Waals surface area contributed by atoms with Gasteiger partial charge in [0.1, 0.15) is 5.84 Å². The molecule has 0 fully saturated rings. The smallest absolute Gasteiger partial charge is 0.181 e. The van der Waals surface area contributed by atoms with Crippen LogP contribution < -0.4 is 10.2 Å². The minimum atomic E-state index is -0.739. The van der Waals surface area contributed by atoms with Crippen molar-refractivity contribution in [3.05, 3.63) is 138 Å². The highest BCUT2D eigenvalue weighted by Gasteiger charge is 2.44. The molecule has 0 aliphatic carbocycles. The maximum Gasteiger partial charge on any atom is 0.181 e. The number of hydrogen-bond donors (Lipinski definition) is 1. The zero-order valence-electron chi connectivity index (χ0n) is 17.6. The van der Waals surface area contributed by atoms with E-state index in [0.29, 0.717) is 11.5 Å². The molecule has 32 heavy (non-hydrogen) atoms.